The number of thioether (sulfide) groups is 1. The first-order valence-electron chi connectivity index (χ1n) is 8.54. The molecular formula is C18H21N5O3S. The number of hydrogen-bond donors (Lipinski definition) is 2. The maximum absolute atomic E-state index is 12.3. The fourth-order valence-electron chi connectivity index (χ4n) is 2.78. The fourth-order valence-corrected chi connectivity index (χ4v) is 3.60. The Labute approximate surface area is 161 Å². The van der Waals surface area contributed by atoms with E-state index in [1.807, 2.05) is 28.8 Å². The zero-order valence-corrected chi connectivity index (χ0v) is 16.0. The summed E-state index contributed by atoms with van der Waals surface area (Å²) in [5.41, 5.74) is 3.17. The van der Waals surface area contributed by atoms with Crippen LogP contribution in [0.5, 0.6) is 0 Å². The van der Waals surface area contributed by atoms with Crippen LogP contribution in [0.1, 0.15) is 20.3 Å². The lowest BCUT2D eigenvalue weighted by Crippen LogP contribution is -2.49. The summed E-state index contributed by atoms with van der Waals surface area (Å²) in [6.07, 6.45) is 2.20. The van der Waals surface area contributed by atoms with Gasteiger partial charge in [-0.15, -0.1) is 6.58 Å². The average molecular weight is 387 g/mol. The Morgan fingerprint density at radius 1 is 1.41 bits per heavy atom. The smallest absolute Gasteiger partial charge is 0.322 e. The summed E-state index contributed by atoms with van der Waals surface area (Å²) in [5, 5.41) is 4.01. The molecule has 0 unspecified atom stereocenters. The van der Waals surface area contributed by atoms with Gasteiger partial charge in [-0.3, -0.25) is 15.0 Å². The summed E-state index contributed by atoms with van der Waals surface area (Å²) in [4.78, 5) is 41.1. The van der Waals surface area contributed by atoms with E-state index in [0.29, 0.717) is 18.1 Å². The van der Waals surface area contributed by atoms with Crippen molar-refractivity contribution in [3.05, 3.63) is 36.9 Å². The van der Waals surface area contributed by atoms with Crippen LogP contribution in [0.15, 0.2) is 42.1 Å². The second-order valence-corrected chi connectivity index (χ2v) is 7.30. The molecule has 1 aromatic carbocycles. The number of hydrazine groups is 1. The third-order valence-electron chi connectivity index (χ3n) is 4.47. The predicted molar refractivity (Wildman–Crippen MR) is 103 cm³/mol. The van der Waals surface area contributed by atoms with E-state index in [9.17, 15) is 14.4 Å². The molecule has 9 heteroatoms. The van der Waals surface area contributed by atoms with Crippen LogP contribution >= 0.6 is 11.8 Å². The molecule has 1 saturated heterocycles. The first kappa shape index (κ1) is 19.0. The van der Waals surface area contributed by atoms with E-state index in [0.717, 1.165) is 16.0 Å². The standard InChI is InChI=1S/C18H21N5O3S/c1-4-10-22-13-9-7-6-8-12(13)19-17(22)27-11-14(24)21-23-15(25)18(3,5-2)20-16(23)26/h4,6-9H,1,5,10-11H2,2-3H3,(H,20,26)(H,21,24)/t18-/m1/s1. The zero-order chi connectivity index (χ0) is 19.6. The second kappa shape index (κ2) is 7.43. The van der Waals surface area contributed by atoms with Gasteiger partial charge in [0.2, 0.25) is 5.91 Å². The van der Waals surface area contributed by atoms with Gasteiger partial charge in [0.25, 0.3) is 5.91 Å². The molecule has 2 heterocycles. The van der Waals surface area contributed by atoms with Crippen molar-refractivity contribution in [2.24, 2.45) is 0 Å². The minimum atomic E-state index is -0.991. The molecule has 27 heavy (non-hydrogen) atoms. The summed E-state index contributed by atoms with van der Waals surface area (Å²) in [7, 11) is 0. The highest BCUT2D eigenvalue weighted by molar-refractivity contribution is 7.99. The van der Waals surface area contributed by atoms with Crippen molar-refractivity contribution in [2.45, 2.75) is 37.5 Å². The highest BCUT2D eigenvalue weighted by Crippen LogP contribution is 2.24. The van der Waals surface area contributed by atoms with Gasteiger partial charge in [0.15, 0.2) is 5.16 Å². The van der Waals surface area contributed by atoms with Crippen molar-refractivity contribution in [3.63, 3.8) is 0 Å². The number of para-hydroxylation sites is 2. The van der Waals surface area contributed by atoms with E-state index in [1.54, 1.807) is 19.9 Å². The van der Waals surface area contributed by atoms with Crippen LogP contribution in [0.4, 0.5) is 4.79 Å². The monoisotopic (exact) mass is 387 g/mol. The lowest BCUT2D eigenvalue weighted by atomic mass is 10.00. The minimum absolute atomic E-state index is 0.0143. The number of aromatic nitrogens is 2. The van der Waals surface area contributed by atoms with Crippen molar-refractivity contribution in [2.75, 3.05) is 5.75 Å². The predicted octanol–water partition coefficient (Wildman–Crippen LogP) is 2.07. The maximum Gasteiger partial charge on any atom is 0.344 e. The summed E-state index contributed by atoms with van der Waals surface area (Å²) in [6, 6.07) is 7.05. The molecule has 8 nitrogen and oxygen atoms in total. The van der Waals surface area contributed by atoms with Gasteiger partial charge in [-0.05, 0) is 25.5 Å². The minimum Gasteiger partial charge on any atom is -0.322 e. The number of nitrogens with one attached hydrogen (secondary N) is 2. The lowest BCUT2D eigenvalue weighted by Gasteiger charge is -2.19. The van der Waals surface area contributed by atoms with Gasteiger partial charge in [-0.2, -0.15) is 5.01 Å². The molecule has 2 aromatic rings. The van der Waals surface area contributed by atoms with Crippen LogP contribution < -0.4 is 10.7 Å². The normalized spacial score (nSPS) is 19.4. The zero-order valence-electron chi connectivity index (χ0n) is 15.2. The van der Waals surface area contributed by atoms with Gasteiger partial charge in [0.1, 0.15) is 5.54 Å². The van der Waals surface area contributed by atoms with Crippen molar-refractivity contribution < 1.29 is 14.4 Å². The third-order valence-corrected chi connectivity index (χ3v) is 5.44. The second-order valence-electron chi connectivity index (χ2n) is 6.36. The number of imide groups is 1. The average Bonchev–Trinajstić information content (AvgIpc) is 3.11. The maximum atomic E-state index is 12.3. The van der Waals surface area contributed by atoms with Crippen LogP contribution in [0.2, 0.25) is 0 Å². The van der Waals surface area contributed by atoms with Gasteiger partial charge in [-0.25, -0.2) is 9.78 Å². The molecule has 1 aliphatic heterocycles. The van der Waals surface area contributed by atoms with Crippen molar-refractivity contribution in [3.8, 4) is 0 Å². The Bertz CT molecular complexity index is 925. The number of benzene rings is 1. The molecular weight excluding hydrogens is 366 g/mol. The SMILES string of the molecule is C=CCn1c(SCC(=O)NN2C(=O)N[C@](C)(CC)C2=O)nc2ccccc21. The quantitative estimate of drug-likeness (QED) is 0.431. The van der Waals surface area contributed by atoms with Crippen LogP contribution in [0.3, 0.4) is 0 Å². The number of amides is 4. The van der Waals surface area contributed by atoms with Gasteiger partial charge in [-0.1, -0.05) is 36.9 Å². The first-order chi connectivity index (χ1) is 12.9. The first-order valence-corrected chi connectivity index (χ1v) is 9.53. The van der Waals surface area contributed by atoms with Crippen LogP contribution in [0.25, 0.3) is 11.0 Å². The third kappa shape index (κ3) is 3.55. The Kier molecular flexibility index (Phi) is 5.22. The molecule has 0 radical (unpaired) electrons. The topological polar surface area (TPSA) is 96.3 Å². The Morgan fingerprint density at radius 2 is 2.15 bits per heavy atom. The van der Waals surface area contributed by atoms with Crippen molar-refractivity contribution in [1.82, 2.24) is 25.3 Å². The van der Waals surface area contributed by atoms with E-state index in [1.165, 1.54) is 11.8 Å². The molecule has 3 rings (SSSR count). The van der Waals surface area contributed by atoms with Crippen LogP contribution in [-0.4, -0.2) is 43.7 Å². The van der Waals surface area contributed by atoms with E-state index in [-0.39, 0.29) is 5.75 Å². The Hall–Kier alpha value is -2.81. The van der Waals surface area contributed by atoms with Crippen molar-refractivity contribution >= 4 is 40.6 Å². The molecule has 1 aromatic heterocycles. The van der Waals surface area contributed by atoms with E-state index in [2.05, 4.69) is 22.3 Å². The molecule has 1 fully saturated rings. The summed E-state index contributed by atoms with van der Waals surface area (Å²) in [6.45, 7) is 7.75. The molecule has 0 bridgehead atoms. The fraction of sp³-hybridized carbons (Fsp3) is 0.333. The van der Waals surface area contributed by atoms with Gasteiger partial charge in [0.05, 0.1) is 16.8 Å². The highest BCUT2D eigenvalue weighted by atomic mass is 32.2. The number of rotatable bonds is 7. The molecule has 142 valence electrons. The summed E-state index contributed by atoms with van der Waals surface area (Å²) >= 11 is 1.23. The number of urea groups is 1. The van der Waals surface area contributed by atoms with Crippen LogP contribution in [-0.2, 0) is 16.1 Å². The number of fused-ring (bicyclic) bond motifs is 1. The van der Waals surface area contributed by atoms with E-state index in [4.69, 9.17) is 0 Å². The van der Waals surface area contributed by atoms with Crippen LogP contribution in [0, 0.1) is 0 Å². The van der Waals surface area contributed by atoms with Crippen molar-refractivity contribution in [1.29, 1.82) is 0 Å². The molecule has 4 amide bonds. The van der Waals surface area contributed by atoms with E-state index >= 15 is 0 Å². The molecule has 1 aliphatic rings. The molecule has 0 saturated carbocycles. The molecule has 2 N–H and O–H groups in total. The molecule has 1 atom stereocenters. The lowest BCUT2D eigenvalue weighted by molar-refractivity contribution is -0.137. The summed E-state index contributed by atoms with van der Waals surface area (Å²) < 4.78 is 1.96. The van der Waals surface area contributed by atoms with Gasteiger partial charge >= 0.3 is 6.03 Å². The number of carbonyl (C=O) groups excluding carboxylic acids is 3. The van der Waals surface area contributed by atoms with Gasteiger partial charge < -0.3 is 9.88 Å². The number of carbonyl (C=O) groups is 3. The largest absolute Gasteiger partial charge is 0.344 e. The highest BCUT2D eigenvalue weighted by Gasteiger charge is 2.47. The Morgan fingerprint density at radius 3 is 2.81 bits per heavy atom. The Balaban J connectivity index is 1.69. The van der Waals surface area contributed by atoms with Gasteiger partial charge in [0, 0.05) is 6.54 Å². The number of imidazole rings is 1. The van der Waals surface area contributed by atoms with E-state index < -0.39 is 23.4 Å². The number of allylic oxidation sites excluding steroid dienone is 1. The summed E-state index contributed by atoms with van der Waals surface area (Å²) in [5.74, 6) is -0.909. The number of nitrogens with zero attached hydrogens (tertiary/aromatic N) is 3. The molecule has 0 aliphatic carbocycles. The number of hydrogen-bond acceptors (Lipinski definition) is 5. The molecule has 0 spiro atoms.